The van der Waals surface area contributed by atoms with E-state index >= 15 is 0 Å². The van der Waals surface area contributed by atoms with Crippen molar-refractivity contribution in [1.82, 2.24) is 0 Å². The molecule has 86 valence electrons. The van der Waals surface area contributed by atoms with Gasteiger partial charge in [-0.3, -0.25) is 10.9 Å². The van der Waals surface area contributed by atoms with Crippen LogP contribution in [0.25, 0.3) is 0 Å². The minimum atomic E-state index is -3.46. The molecular weight excluding hydrogens is 236 g/mol. The molecule has 1 heterocycles. The molecule has 0 saturated carbocycles. The lowest BCUT2D eigenvalue weighted by atomic mass is 10.3. The maximum Gasteiger partial charge on any atom is 0.210 e. The van der Waals surface area contributed by atoms with E-state index in [4.69, 9.17) is 0 Å². The van der Waals surface area contributed by atoms with Crippen LogP contribution in [0.4, 0.5) is 11.4 Å². The van der Waals surface area contributed by atoms with E-state index in [2.05, 4.69) is 10.9 Å². The van der Waals surface area contributed by atoms with Crippen LogP contribution in [0.1, 0.15) is 0 Å². The first-order valence-corrected chi connectivity index (χ1v) is 6.63. The van der Waals surface area contributed by atoms with Crippen LogP contribution in [0.3, 0.4) is 0 Å². The minimum absolute atomic E-state index is 0.289. The molecule has 5 heteroatoms. The minimum Gasteiger partial charge on any atom is -0.300 e. The van der Waals surface area contributed by atoms with Crippen molar-refractivity contribution in [2.75, 3.05) is 10.9 Å². The highest BCUT2D eigenvalue weighted by atomic mass is 32.2. The molecular formula is C12H10N2O2S. The van der Waals surface area contributed by atoms with Crippen molar-refractivity contribution in [3.05, 3.63) is 48.5 Å². The van der Waals surface area contributed by atoms with E-state index < -0.39 is 9.84 Å². The molecule has 2 N–H and O–H groups in total. The van der Waals surface area contributed by atoms with Gasteiger partial charge in [0.2, 0.25) is 9.84 Å². The van der Waals surface area contributed by atoms with Crippen LogP contribution in [0.2, 0.25) is 0 Å². The van der Waals surface area contributed by atoms with Gasteiger partial charge in [-0.05, 0) is 24.3 Å². The van der Waals surface area contributed by atoms with Crippen molar-refractivity contribution in [1.29, 1.82) is 0 Å². The Kier molecular flexibility index (Phi) is 2.09. The molecule has 0 atom stereocenters. The van der Waals surface area contributed by atoms with Gasteiger partial charge in [-0.1, -0.05) is 24.3 Å². The lowest BCUT2D eigenvalue weighted by molar-refractivity contribution is 0.597. The zero-order valence-corrected chi connectivity index (χ0v) is 9.66. The number of hydrazine groups is 1. The molecule has 0 bridgehead atoms. The summed E-state index contributed by atoms with van der Waals surface area (Å²) in [4.78, 5) is 0.579. The maximum absolute atomic E-state index is 12.4. The van der Waals surface area contributed by atoms with Gasteiger partial charge >= 0.3 is 0 Å². The third-order valence-corrected chi connectivity index (χ3v) is 4.56. The molecule has 0 spiro atoms. The van der Waals surface area contributed by atoms with Crippen LogP contribution in [0.5, 0.6) is 0 Å². The van der Waals surface area contributed by atoms with Crippen molar-refractivity contribution in [2.45, 2.75) is 9.79 Å². The number of hydrogen-bond donors (Lipinski definition) is 2. The molecule has 0 saturated heterocycles. The summed E-state index contributed by atoms with van der Waals surface area (Å²) in [6.45, 7) is 0. The zero-order chi connectivity index (χ0) is 11.9. The molecule has 0 unspecified atom stereocenters. The number of sulfone groups is 1. The summed E-state index contributed by atoms with van der Waals surface area (Å²) in [6, 6.07) is 13.7. The number of fused-ring (bicyclic) bond motifs is 2. The SMILES string of the molecule is O=S1(=O)c2ccccc2NNc2ccccc21. The Hall–Kier alpha value is -2.01. The number of anilines is 2. The third-order valence-electron chi connectivity index (χ3n) is 2.68. The largest absolute Gasteiger partial charge is 0.300 e. The molecule has 0 aromatic heterocycles. The first kappa shape index (κ1) is 10.2. The predicted octanol–water partition coefficient (Wildman–Crippen LogP) is 2.27. The second-order valence-corrected chi connectivity index (χ2v) is 5.63. The summed E-state index contributed by atoms with van der Waals surface area (Å²) in [7, 11) is -3.46. The van der Waals surface area contributed by atoms with E-state index in [1.54, 1.807) is 48.5 Å². The Labute approximate surface area is 99.2 Å². The standard InChI is InChI=1S/C12H10N2O2S/c15-17(16)11-7-3-1-5-9(11)13-14-10-6-2-4-8-12(10)17/h1-8,13-14H. The fourth-order valence-electron chi connectivity index (χ4n) is 1.86. The summed E-state index contributed by atoms with van der Waals surface area (Å²) >= 11 is 0. The van der Waals surface area contributed by atoms with Crippen molar-refractivity contribution < 1.29 is 8.42 Å². The Balaban J connectivity index is 2.35. The molecule has 4 nitrogen and oxygen atoms in total. The van der Waals surface area contributed by atoms with Crippen molar-refractivity contribution in [3.8, 4) is 0 Å². The second-order valence-electron chi connectivity index (χ2n) is 3.75. The van der Waals surface area contributed by atoms with Crippen LogP contribution >= 0.6 is 0 Å². The van der Waals surface area contributed by atoms with Gasteiger partial charge in [-0.25, -0.2) is 8.42 Å². The van der Waals surface area contributed by atoms with Gasteiger partial charge in [0.25, 0.3) is 0 Å². The lowest BCUT2D eigenvalue weighted by Crippen LogP contribution is -2.07. The Morgan fingerprint density at radius 2 is 1.12 bits per heavy atom. The van der Waals surface area contributed by atoms with Gasteiger partial charge in [0.15, 0.2) is 0 Å². The fourth-order valence-corrected chi connectivity index (χ4v) is 3.43. The molecule has 0 amide bonds. The van der Waals surface area contributed by atoms with Crippen LogP contribution in [0, 0.1) is 0 Å². The van der Waals surface area contributed by atoms with Crippen LogP contribution in [-0.4, -0.2) is 8.42 Å². The predicted molar refractivity (Wildman–Crippen MR) is 65.6 cm³/mol. The van der Waals surface area contributed by atoms with Crippen molar-refractivity contribution >= 4 is 21.2 Å². The number of benzene rings is 2. The van der Waals surface area contributed by atoms with Crippen LogP contribution in [0.15, 0.2) is 58.3 Å². The van der Waals surface area contributed by atoms with Gasteiger partial charge in [0, 0.05) is 0 Å². The third kappa shape index (κ3) is 1.47. The molecule has 0 aliphatic carbocycles. The second kappa shape index (κ2) is 3.49. The smallest absolute Gasteiger partial charge is 0.210 e. The van der Waals surface area contributed by atoms with Crippen molar-refractivity contribution in [3.63, 3.8) is 0 Å². The monoisotopic (exact) mass is 246 g/mol. The van der Waals surface area contributed by atoms with Crippen LogP contribution in [-0.2, 0) is 9.84 Å². The summed E-state index contributed by atoms with van der Waals surface area (Å²) in [5.74, 6) is 0. The topological polar surface area (TPSA) is 58.2 Å². The molecule has 0 radical (unpaired) electrons. The van der Waals surface area contributed by atoms with E-state index in [0.717, 1.165) is 0 Å². The average molecular weight is 246 g/mol. The molecule has 1 aliphatic heterocycles. The van der Waals surface area contributed by atoms with E-state index in [1.807, 2.05) is 0 Å². The van der Waals surface area contributed by atoms with Gasteiger partial charge in [0.05, 0.1) is 21.2 Å². The van der Waals surface area contributed by atoms with Gasteiger partial charge < -0.3 is 0 Å². The molecule has 17 heavy (non-hydrogen) atoms. The first-order chi connectivity index (χ1) is 8.19. The van der Waals surface area contributed by atoms with E-state index in [9.17, 15) is 8.42 Å². The summed E-state index contributed by atoms with van der Waals surface area (Å²) in [6.07, 6.45) is 0. The average Bonchev–Trinajstić information content (AvgIpc) is 2.47. The molecule has 1 aliphatic rings. The van der Waals surface area contributed by atoms with Crippen molar-refractivity contribution in [2.24, 2.45) is 0 Å². The Bertz CT molecular complexity index is 627. The number of para-hydroxylation sites is 2. The van der Waals surface area contributed by atoms with E-state index in [0.29, 0.717) is 11.4 Å². The lowest BCUT2D eigenvalue weighted by Gasteiger charge is -2.06. The number of nitrogens with one attached hydrogen (secondary N) is 2. The maximum atomic E-state index is 12.4. The molecule has 0 fully saturated rings. The normalized spacial score (nSPS) is 15.8. The summed E-state index contributed by atoms with van der Waals surface area (Å²) in [5.41, 5.74) is 6.93. The summed E-state index contributed by atoms with van der Waals surface area (Å²) in [5, 5.41) is 0. The highest BCUT2D eigenvalue weighted by molar-refractivity contribution is 7.91. The first-order valence-electron chi connectivity index (χ1n) is 5.15. The number of rotatable bonds is 0. The number of hydrogen-bond acceptors (Lipinski definition) is 4. The Morgan fingerprint density at radius 3 is 1.59 bits per heavy atom. The highest BCUT2D eigenvalue weighted by Gasteiger charge is 2.26. The fraction of sp³-hybridized carbons (Fsp3) is 0. The Morgan fingerprint density at radius 1 is 0.706 bits per heavy atom. The molecule has 2 aromatic rings. The molecule has 3 rings (SSSR count). The molecule has 2 aromatic carbocycles. The van der Waals surface area contributed by atoms with E-state index in [-0.39, 0.29) is 9.79 Å². The zero-order valence-electron chi connectivity index (χ0n) is 8.84. The van der Waals surface area contributed by atoms with Gasteiger partial charge in [-0.15, -0.1) is 0 Å². The van der Waals surface area contributed by atoms with Crippen LogP contribution < -0.4 is 10.9 Å². The van der Waals surface area contributed by atoms with Gasteiger partial charge in [0.1, 0.15) is 0 Å². The quantitative estimate of drug-likeness (QED) is 0.748. The van der Waals surface area contributed by atoms with Gasteiger partial charge in [-0.2, -0.15) is 0 Å². The van der Waals surface area contributed by atoms with E-state index in [1.165, 1.54) is 0 Å². The summed E-state index contributed by atoms with van der Waals surface area (Å²) < 4.78 is 24.9. The highest BCUT2D eigenvalue weighted by Crippen LogP contribution is 2.34.